The van der Waals surface area contributed by atoms with Crippen molar-refractivity contribution in [3.63, 3.8) is 0 Å². The van der Waals surface area contributed by atoms with Gasteiger partial charge in [-0.1, -0.05) is 19.8 Å². The Morgan fingerprint density at radius 3 is 2.37 bits per heavy atom. The monoisotopic (exact) mass is 269 g/mol. The molecule has 1 heterocycles. The fourth-order valence-electron chi connectivity index (χ4n) is 3.19. The molecule has 4 nitrogen and oxygen atoms in total. The van der Waals surface area contributed by atoms with Crippen LogP contribution in [-0.2, 0) is 14.3 Å². The fraction of sp³-hybridized carbons (Fsp3) is 0.933. The molecule has 0 aromatic rings. The van der Waals surface area contributed by atoms with Crippen molar-refractivity contribution in [3.8, 4) is 0 Å². The molecule has 2 rings (SSSR count). The van der Waals surface area contributed by atoms with E-state index in [2.05, 4.69) is 13.8 Å². The molecule has 3 atom stereocenters. The second kappa shape index (κ2) is 6.71. The summed E-state index contributed by atoms with van der Waals surface area (Å²) in [5, 5.41) is 0. The Bertz CT molecular complexity index is 292. The smallest absolute Gasteiger partial charge is 0.252 e. The number of carbonyl (C=O) groups excluding carboxylic acids is 1. The molecule has 0 radical (unpaired) electrons. The van der Waals surface area contributed by atoms with Gasteiger partial charge in [0.15, 0.2) is 0 Å². The van der Waals surface area contributed by atoms with Crippen molar-refractivity contribution >= 4 is 5.91 Å². The van der Waals surface area contributed by atoms with Gasteiger partial charge in [-0.15, -0.1) is 0 Å². The summed E-state index contributed by atoms with van der Waals surface area (Å²) in [7, 11) is 0. The quantitative estimate of drug-likeness (QED) is 0.786. The van der Waals surface area contributed by atoms with E-state index < -0.39 is 0 Å². The van der Waals surface area contributed by atoms with Gasteiger partial charge in [0, 0.05) is 0 Å². The first-order valence-electron chi connectivity index (χ1n) is 7.68. The molecule has 1 aliphatic heterocycles. The highest BCUT2D eigenvalue weighted by atomic mass is 16.5. The molecule has 2 aliphatic rings. The molecular formula is C15H27NO3. The summed E-state index contributed by atoms with van der Waals surface area (Å²) in [6.07, 6.45) is 5.47. The Balaban J connectivity index is 1.97. The number of carbonyl (C=O) groups is 1. The second-order valence-corrected chi connectivity index (χ2v) is 5.92. The van der Waals surface area contributed by atoms with E-state index in [9.17, 15) is 4.79 Å². The van der Waals surface area contributed by atoms with Crippen LogP contribution in [-0.4, -0.2) is 48.3 Å². The van der Waals surface area contributed by atoms with Gasteiger partial charge >= 0.3 is 0 Å². The van der Waals surface area contributed by atoms with Gasteiger partial charge in [-0.05, 0) is 33.1 Å². The van der Waals surface area contributed by atoms with Gasteiger partial charge in [0.25, 0.3) is 5.91 Å². The van der Waals surface area contributed by atoms with Gasteiger partial charge in [0.1, 0.15) is 6.10 Å². The van der Waals surface area contributed by atoms with E-state index in [4.69, 9.17) is 9.47 Å². The average molecular weight is 269 g/mol. The number of ether oxygens (including phenoxy) is 2. The summed E-state index contributed by atoms with van der Waals surface area (Å²) in [5.41, 5.74) is 0. The van der Waals surface area contributed by atoms with E-state index in [1.807, 2.05) is 11.8 Å². The molecule has 0 unspecified atom stereocenters. The zero-order chi connectivity index (χ0) is 13.8. The maximum absolute atomic E-state index is 12.7. The summed E-state index contributed by atoms with van der Waals surface area (Å²) in [5.74, 6) is 0.151. The Hall–Kier alpha value is -0.610. The van der Waals surface area contributed by atoms with Crippen LogP contribution in [0, 0.1) is 0 Å². The van der Waals surface area contributed by atoms with Crippen molar-refractivity contribution in [3.05, 3.63) is 0 Å². The normalized spacial score (nSPS) is 30.6. The first-order valence-corrected chi connectivity index (χ1v) is 7.68. The number of hydrogen-bond acceptors (Lipinski definition) is 3. The third kappa shape index (κ3) is 3.48. The molecule has 0 bridgehead atoms. The zero-order valence-electron chi connectivity index (χ0n) is 12.4. The van der Waals surface area contributed by atoms with Gasteiger partial charge in [-0.25, -0.2) is 0 Å². The lowest BCUT2D eigenvalue weighted by atomic mass is 10.1. The highest BCUT2D eigenvalue weighted by molar-refractivity contribution is 5.81. The predicted octanol–water partition coefficient (Wildman–Crippen LogP) is 2.36. The summed E-state index contributed by atoms with van der Waals surface area (Å²) >= 11 is 0. The minimum absolute atomic E-state index is 0.150. The standard InChI is InChI=1S/C15H27NO3/c1-4-14(19-13-7-5-6-8-13)15(17)16-11(2)9-18-10-12(16)3/h11-14H,4-10H2,1-3H3/t11-,12+,14-/m0/s1. The third-order valence-electron chi connectivity index (χ3n) is 4.23. The molecule has 1 aliphatic carbocycles. The predicted molar refractivity (Wildman–Crippen MR) is 74.0 cm³/mol. The molecular weight excluding hydrogens is 242 g/mol. The molecule has 0 spiro atoms. The van der Waals surface area contributed by atoms with E-state index in [0.717, 1.165) is 19.3 Å². The number of amides is 1. The van der Waals surface area contributed by atoms with Crippen LogP contribution in [0.25, 0.3) is 0 Å². The minimum atomic E-state index is -0.272. The van der Waals surface area contributed by atoms with Crippen LogP contribution in [0.3, 0.4) is 0 Å². The van der Waals surface area contributed by atoms with Crippen LogP contribution in [0.5, 0.6) is 0 Å². The van der Waals surface area contributed by atoms with Crippen LogP contribution in [0.1, 0.15) is 52.9 Å². The number of nitrogens with zero attached hydrogens (tertiary/aromatic N) is 1. The highest BCUT2D eigenvalue weighted by Crippen LogP contribution is 2.24. The van der Waals surface area contributed by atoms with Crippen LogP contribution < -0.4 is 0 Å². The SMILES string of the molecule is CC[C@H](OC1CCCC1)C(=O)N1[C@H](C)COC[C@@H]1C. The number of morpholine rings is 1. The number of hydrogen-bond donors (Lipinski definition) is 0. The van der Waals surface area contributed by atoms with Gasteiger partial charge in [0.2, 0.25) is 0 Å². The van der Waals surface area contributed by atoms with Crippen LogP contribution in [0.2, 0.25) is 0 Å². The Kier molecular flexibility index (Phi) is 5.22. The van der Waals surface area contributed by atoms with E-state index in [-0.39, 0.29) is 24.1 Å². The molecule has 0 aromatic heterocycles. The maximum atomic E-state index is 12.7. The molecule has 19 heavy (non-hydrogen) atoms. The largest absolute Gasteiger partial charge is 0.377 e. The molecule has 2 fully saturated rings. The Morgan fingerprint density at radius 2 is 1.84 bits per heavy atom. The molecule has 1 amide bonds. The second-order valence-electron chi connectivity index (χ2n) is 5.92. The average Bonchev–Trinajstić information content (AvgIpc) is 2.88. The summed E-state index contributed by atoms with van der Waals surface area (Å²) in [4.78, 5) is 14.6. The fourth-order valence-corrected chi connectivity index (χ4v) is 3.19. The Labute approximate surface area is 116 Å². The van der Waals surface area contributed by atoms with Crippen LogP contribution >= 0.6 is 0 Å². The van der Waals surface area contributed by atoms with Crippen LogP contribution in [0.4, 0.5) is 0 Å². The number of rotatable bonds is 4. The molecule has 110 valence electrons. The zero-order valence-corrected chi connectivity index (χ0v) is 12.4. The maximum Gasteiger partial charge on any atom is 0.252 e. The van der Waals surface area contributed by atoms with Crippen molar-refractivity contribution in [1.29, 1.82) is 0 Å². The highest BCUT2D eigenvalue weighted by Gasteiger charge is 2.35. The first kappa shape index (κ1) is 14.8. The summed E-state index contributed by atoms with van der Waals surface area (Å²) in [6.45, 7) is 7.41. The van der Waals surface area contributed by atoms with Gasteiger partial charge < -0.3 is 14.4 Å². The van der Waals surface area contributed by atoms with Gasteiger partial charge in [0.05, 0.1) is 31.4 Å². The van der Waals surface area contributed by atoms with E-state index in [1.54, 1.807) is 0 Å². The van der Waals surface area contributed by atoms with E-state index in [1.165, 1.54) is 12.8 Å². The molecule has 1 saturated heterocycles. The Morgan fingerprint density at radius 1 is 1.26 bits per heavy atom. The molecule has 4 heteroatoms. The lowest BCUT2D eigenvalue weighted by molar-refractivity contribution is -0.160. The first-order chi connectivity index (χ1) is 9.13. The van der Waals surface area contributed by atoms with Gasteiger partial charge in [-0.3, -0.25) is 4.79 Å². The van der Waals surface area contributed by atoms with Crippen molar-refractivity contribution in [2.24, 2.45) is 0 Å². The lowest BCUT2D eigenvalue weighted by Gasteiger charge is -2.40. The molecule has 1 saturated carbocycles. The van der Waals surface area contributed by atoms with Crippen molar-refractivity contribution < 1.29 is 14.3 Å². The summed E-state index contributed by atoms with van der Waals surface area (Å²) in [6, 6.07) is 0.301. The lowest BCUT2D eigenvalue weighted by Crippen LogP contribution is -2.56. The van der Waals surface area contributed by atoms with Crippen LogP contribution in [0.15, 0.2) is 0 Å². The van der Waals surface area contributed by atoms with E-state index >= 15 is 0 Å². The third-order valence-corrected chi connectivity index (χ3v) is 4.23. The van der Waals surface area contributed by atoms with Crippen molar-refractivity contribution in [1.82, 2.24) is 4.90 Å². The van der Waals surface area contributed by atoms with Crippen molar-refractivity contribution in [2.75, 3.05) is 13.2 Å². The van der Waals surface area contributed by atoms with Gasteiger partial charge in [-0.2, -0.15) is 0 Å². The topological polar surface area (TPSA) is 38.8 Å². The van der Waals surface area contributed by atoms with Crippen molar-refractivity contribution in [2.45, 2.75) is 77.2 Å². The molecule has 0 aromatic carbocycles. The molecule has 0 N–H and O–H groups in total. The summed E-state index contributed by atoms with van der Waals surface area (Å²) < 4.78 is 11.5. The van der Waals surface area contributed by atoms with E-state index in [0.29, 0.717) is 19.3 Å². The minimum Gasteiger partial charge on any atom is -0.377 e.